The molecule has 0 aliphatic heterocycles. The summed E-state index contributed by atoms with van der Waals surface area (Å²) in [5.41, 5.74) is -0.376. The van der Waals surface area contributed by atoms with Crippen LogP contribution < -0.4 is 0 Å². The summed E-state index contributed by atoms with van der Waals surface area (Å²) in [7, 11) is 1.69. The monoisotopic (exact) mass is 276 g/mol. The van der Waals surface area contributed by atoms with Gasteiger partial charge in [-0.2, -0.15) is 0 Å². The fraction of sp³-hybridized carbons (Fsp3) is 0.533. The van der Waals surface area contributed by atoms with Crippen LogP contribution >= 0.6 is 0 Å². The molecule has 1 saturated carbocycles. The van der Waals surface area contributed by atoms with Crippen LogP contribution in [0, 0.1) is 5.41 Å². The minimum Gasteiger partial charge on any atom is -0.481 e. The van der Waals surface area contributed by atoms with Gasteiger partial charge >= 0.3 is 5.97 Å². The molecule has 1 heterocycles. The quantitative estimate of drug-likeness (QED) is 0.918. The Bertz CT molecular complexity index is 503. The molecule has 2 atom stereocenters. The Balaban J connectivity index is 2.24. The molecule has 0 bridgehead atoms. The summed E-state index contributed by atoms with van der Waals surface area (Å²) in [5, 5.41) is 9.52. The summed E-state index contributed by atoms with van der Waals surface area (Å²) in [5.74, 6) is -0.995. The van der Waals surface area contributed by atoms with Crippen LogP contribution in [-0.4, -0.2) is 40.0 Å². The Labute approximate surface area is 118 Å². The molecule has 0 radical (unpaired) electrons. The number of carboxylic acid groups (broad SMARTS) is 1. The summed E-state index contributed by atoms with van der Waals surface area (Å²) in [6, 6.07) is 3.13. The smallest absolute Gasteiger partial charge is 0.311 e. The van der Waals surface area contributed by atoms with Gasteiger partial charge in [0.1, 0.15) is 0 Å². The number of pyridine rings is 1. The lowest BCUT2D eigenvalue weighted by Gasteiger charge is -2.43. The van der Waals surface area contributed by atoms with E-state index in [1.807, 2.05) is 0 Å². The number of carbonyl (C=O) groups excluding carboxylic acids is 1. The van der Waals surface area contributed by atoms with Crippen LogP contribution in [0.4, 0.5) is 0 Å². The number of aliphatic carboxylic acids is 1. The molecule has 5 heteroatoms. The Morgan fingerprint density at radius 3 is 2.80 bits per heavy atom. The molecule has 1 aliphatic rings. The van der Waals surface area contributed by atoms with Gasteiger partial charge in [0, 0.05) is 25.5 Å². The molecule has 1 aromatic heterocycles. The van der Waals surface area contributed by atoms with E-state index in [1.54, 1.807) is 37.2 Å². The highest BCUT2D eigenvalue weighted by Gasteiger charge is 2.46. The third kappa shape index (κ3) is 2.53. The van der Waals surface area contributed by atoms with Gasteiger partial charge in [-0.1, -0.05) is 12.8 Å². The first-order valence-electron chi connectivity index (χ1n) is 6.87. The van der Waals surface area contributed by atoms with Gasteiger partial charge in [-0.25, -0.2) is 0 Å². The largest absolute Gasteiger partial charge is 0.481 e. The molecule has 0 aromatic carbocycles. The molecule has 20 heavy (non-hydrogen) atoms. The van der Waals surface area contributed by atoms with Crippen LogP contribution in [0.2, 0.25) is 0 Å². The number of hydrogen-bond acceptors (Lipinski definition) is 3. The highest BCUT2D eigenvalue weighted by Crippen LogP contribution is 2.39. The predicted octanol–water partition coefficient (Wildman–Crippen LogP) is 2.19. The lowest BCUT2D eigenvalue weighted by Crippen LogP contribution is -2.52. The van der Waals surface area contributed by atoms with Crippen LogP contribution in [0.5, 0.6) is 0 Å². The lowest BCUT2D eigenvalue weighted by molar-refractivity contribution is -0.153. The molecule has 5 nitrogen and oxygen atoms in total. The van der Waals surface area contributed by atoms with E-state index in [0.717, 1.165) is 19.3 Å². The maximum atomic E-state index is 12.4. The van der Waals surface area contributed by atoms with Gasteiger partial charge in [0.2, 0.25) is 0 Å². The molecular weight excluding hydrogens is 256 g/mol. The summed E-state index contributed by atoms with van der Waals surface area (Å²) >= 11 is 0. The number of hydrogen-bond donors (Lipinski definition) is 1. The Kier molecular flexibility index (Phi) is 4.06. The van der Waals surface area contributed by atoms with Crippen LogP contribution in [0.25, 0.3) is 0 Å². The molecule has 1 amide bonds. The summed E-state index contributed by atoms with van der Waals surface area (Å²) in [6.07, 6.45) is 6.31. The van der Waals surface area contributed by atoms with E-state index < -0.39 is 11.4 Å². The Morgan fingerprint density at radius 2 is 2.20 bits per heavy atom. The van der Waals surface area contributed by atoms with E-state index in [-0.39, 0.29) is 11.9 Å². The van der Waals surface area contributed by atoms with Crippen LogP contribution in [0.1, 0.15) is 43.0 Å². The molecule has 0 spiro atoms. The maximum Gasteiger partial charge on any atom is 0.311 e. The van der Waals surface area contributed by atoms with Crippen molar-refractivity contribution in [3.8, 4) is 0 Å². The second kappa shape index (κ2) is 5.61. The van der Waals surface area contributed by atoms with Gasteiger partial charge < -0.3 is 10.0 Å². The third-order valence-corrected chi connectivity index (χ3v) is 4.34. The highest BCUT2D eigenvalue weighted by molar-refractivity contribution is 5.94. The van der Waals surface area contributed by atoms with Gasteiger partial charge in [-0.3, -0.25) is 14.6 Å². The summed E-state index contributed by atoms with van der Waals surface area (Å²) in [4.78, 5) is 29.6. The number of nitrogens with zero attached hydrogens (tertiary/aromatic N) is 2. The van der Waals surface area contributed by atoms with Crippen molar-refractivity contribution in [2.45, 2.75) is 38.6 Å². The number of amides is 1. The second-order valence-corrected chi connectivity index (χ2v) is 5.64. The number of aromatic nitrogens is 1. The lowest BCUT2D eigenvalue weighted by atomic mass is 9.71. The zero-order chi connectivity index (χ0) is 14.8. The van der Waals surface area contributed by atoms with E-state index in [9.17, 15) is 14.7 Å². The molecule has 1 fully saturated rings. The second-order valence-electron chi connectivity index (χ2n) is 5.64. The van der Waals surface area contributed by atoms with Crippen molar-refractivity contribution in [2.24, 2.45) is 5.41 Å². The molecule has 108 valence electrons. The van der Waals surface area contributed by atoms with Crippen molar-refractivity contribution in [1.29, 1.82) is 0 Å². The standard InChI is InChI=1S/C15H20N2O3/c1-15(14(19)20)8-4-3-7-12(15)17(2)13(18)11-6-5-9-16-10-11/h5-6,9-10,12H,3-4,7-8H2,1-2H3,(H,19,20). The minimum atomic E-state index is -0.870. The van der Waals surface area contributed by atoms with E-state index in [0.29, 0.717) is 12.0 Å². The van der Waals surface area contributed by atoms with E-state index >= 15 is 0 Å². The average Bonchev–Trinajstić information content (AvgIpc) is 2.47. The SMILES string of the molecule is CN(C(=O)c1cccnc1)C1CCCCC1(C)C(=O)O. The van der Waals surface area contributed by atoms with Crippen molar-refractivity contribution in [2.75, 3.05) is 7.05 Å². The van der Waals surface area contributed by atoms with Gasteiger partial charge in [0.05, 0.1) is 11.0 Å². The van der Waals surface area contributed by atoms with E-state index in [4.69, 9.17) is 0 Å². The van der Waals surface area contributed by atoms with Crippen LogP contribution in [-0.2, 0) is 4.79 Å². The minimum absolute atomic E-state index is 0.169. The Morgan fingerprint density at radius 1 is 1.45 bits per heavy atom. The van der Waals surface area contributed by atoms with Gasteiger partial charge in [-0.05, 0) is 31.9 Å². The zero-order valence-electron chi connectivity index (χ0n) is 11.9. The molecule has 2 rings (SSSR count). The molecule has 1 aromatic rings. The van der Waals surface area contributed by atoms with Crippen molar-refractivity contribution in [3.05, 3.63) is 30.1 Å². The van der Waals surface area contributed by atoms with Gasteiger partial charge in [0.25, 0.3) is 5.91 Å². The predicted molar refractivity (Wildman–Crippen MR) is 74.3 cm³/mol. The highest BCUT2D eigenvalue weighted by atomic mass is 16.4. The third-order valence-electron chi connectivity index (χ3n) is 4.34. The molecular formula is C15H20N2O3. The van der Waals surface area contributed by atoms with E-state index in [2.05, 4.69) is 4.98 Å². The Hall–Kier alpha value is -1.91. The number of rotatable bonds is 3. The zero-order valence-corrected chi connectivity index (χ0v) is 11.9. The fourth-order valence-corrected chi connectivity index (χ4v) is 3.02. The summed E-state index contributed by atoms with van der Waals surface area (Å²) in [6.45, 7) is 1.74. The number of carboxylic acids is 1. The first kappa shape index (κ1) is 14.5. The molecule has 1 N–H and O–H groups in total. The average molecular weight is 276 g/mol. The van der Waals surface area contributed by atoms with Crippen molar-refractivity contribution in [1.82, 2.24) is 9.88 Å². The normalized spacial score (nSPS) is 26.0. The fourth-order valence-electron chi connectivity index (χ4n) is 3.02. The summed E-state index contributed by atoms with van der Waals surface area (Å²) < 4.78 is 0. The molecule has 2 unspecified atom stereocenters. The number of carbonyl (C=O) groups is 2. The first-order chi connectivity index (χ1) is 9.47. The van der Waals surface area contributed by atoms with Crippen molar-refractivity contribution >= 4 is 11.9 Å². The topological polar surface area (TPSA) is 70.5 Å². The van der Waals surface area contributed by atoms with Crippen LogP contribution in [0.3, 0.4) is 0 Å². The van der Waals surface area contributed by atoms with Crippen LogP contribution in [0.15, 0.2) is 24.5 Å². The molecule has 0 saturated heterocycles. The van der Waals surface area contributed by atoms with Crippen molar-refractivity contribution < 1.29 is 14.7 Å². The first-order valence-corrected chi connectivity index (χ1v) is 6.87. The van der Waals surface area contributed by atoms with E-state index in [1.165, 1.54) is 6.20 Å². The van der Waals surface area contributed by atoms with Gasteiger partial charge in [-0.15, -0.1) is 0 Å². The van der Waals surface area contributed by atoms with Crippen molar-refractivity contribution in [3.63, 3.8) is 0 Å². The van der Waals surface area contributed by atoms with Gasteiger partial charge in [0.15, 0.2) is 0 Å². The maximum absolute atomic E-state index is 12.4. The molecule has 1 aliphatic carbocycles.